The number of aliphatic imine (C=N–C) groups is 1. The average Bonchev–Trinajstić information content (AvgIpc) is 3.20. The number of nitrogens with zero attached hydrogens (tertiary/aromatic N) is 1. The third-order valence-electron chi connectivity index (χ3n) is 4.76. The number of carbonyl (C=O) groups excluding carboxylic acids is 1. The Balaban J connectivity index is 1.27. The topological polar surface area (TPSA) is 66.3 Å². The van der Waals surface area contributed by atoms with Gasteiger partial charge in [0.1, 0.15) is 23.1 Å². The van der Waals surface area contributed by atoms with Gasteiger partial charge in [-0.3, -0.25) is 0 Å². The van der Waals surface area contributed by atoms with E-state index in [1.807, 2.05) is 48.5 Å². The Kier molecular flexibility index (Phi) is 6.99. The van der Waals surface area contributed by atoms with Crippen LogP contribution in [0.15, 0.2) is 83.5 Å². The number of esters is 1. The second-order valence-electron chi connectivity index (χ2n) is 7.14. The molecule has 0 unspecified atom stereocenters. The maximum Gasteiger partial charge on any atom is 0.363 e. The van der Waals surface area contributed by atoms with Crippen molar-refractivity contribution in [2.24, 2.45) is 4.99 Å². The number of methoxy groups -OCH3 is 1. The standard InChI is InChI=1S/C26H22FNO5/c1-30-22-4-2-5-23(17-22)32-15-3-14-31-21-12-6-18(7-13-21)16-24-26(29)33-25(28-24)19-8-10-20(27)11-9-19/h2,4-13,16-17H,3,14-15H2,1H3. The van der Waals surface area contributed by atoms with Crippen LogP contribution in [0.1, 0.15) is 17.5 Å². The quantitative estimate of drug-likeness (QED) is 0.262. The highest BCUT2D eigenvalue weighted by atomic mass is 19.1. The summed E-state index contributed by atoms with van der Waals surface area (Å²) < 4.78 is 34.9. The number of ether oxygens (including phenoxy) is 4. The largest absolute Gasteiger partial charge is 0.497 e. The first-order chi connectivity index (χ1) is 16.1. The first-order valence-corrected chi connectivity index (χ1v) is 10.4. The van der Waals surface area contributed by atoms with E-state index in [1.165, 1.54) is 24.3 Å². The van der Waals surface area contributed by atoms with E-state index < -0.39 is 5.97 Å². The highest BCUT2D eigenvalue weighted by Crippen LogP contribution is 2.21. The number of halogens is 1. The molecule has 3 aromatic rings. The zero-order valence-corrected chi connectivity index (χ0v) is 18.0. The monoisotopic (exact) mass is 447 g/mol. The Hall–Kier alpha value is -4.13. The maximum atomic E-state index is 13.1. The van der Waals surface area contributed by atoms with E-state index in [2.05, 4.69) is 4.99 Å². The van der Waals surface area contributed by atoms with Crippen LogP contribution in [0.4, 0.5) is 4.39 Å². The summed E-state index contributed by atoms with van der Waals surface area (Å²) in [4.78, 5) is 16.3. The van der Waals surface area contributed by atoms with Crippen LogP contribution in [0.5, 0.6) is 17.2 Å². The molecule has 0 atom stereocenters. The Morgan fingerprint density at radius 3 is 2.33 bits per heavy atom. The van der Waals surface area contributed by atoms with Gasteiger partial charge in [0, 0.05) is 18.1 Å². The summed E-state index contributed by atoms with van der Waals surface area (Å²) in [5.41, 5.74) is 1.49. The van der Waals surface area contributed by atoms with Crippen LogP contribution < -0.4 is 14.2 Å². The summed E-state index contributed by atoms with van der Waals surface area (Å²) in [5.74, 6) is 1.45. The van der Waals surface area contributed by atoms with Gasteiger partial charge in [-0.05, 0) is 60.2 Å². The number of benzene rings is 3. The zero-order chi connectivity index (χ0) is 23.0. The molecule has 33 heavy (non-hydrogen) atoms. The van der Waals surface area contributed by atoms with Gasteiger partial charge >= 0.3 is 5.97 Å². The summed E-state index contributed by atoms with van der Waals surface area (Å²) in [6, 6.07) is 20.3. The molecule has 0 spiro atoms. The fourth-order valence-corrected chi connectivity index (χ4v) is 3.07. The summed E-state index contributed by atoms with van der Waals surface area (Å²) in [6.45, 7) is 1.02. The van der Waals surface area contributed by atoms with Gasteiger partial charge in [0.25, 0.3) is 0 Å². The fourth-order valence-electron chi connectivity index (χ4n) is 3.07. The van der Waals surface area contributed by atoms with Gasteiger partial charge < -0.3 is 18.9 Å². The molecule has 1 heterocycles. The fraction of sp³-hybridized carbons (Fsp3) is 0.154. The summed E-state index contributed by atoms with van der Waals surface area (Å²) in [5, 5.41) is 0. The van der Waals surface area contributed by atoms with E-state index in [1.54, 1.807) is 13.2 Å². The van der Waals surface area contributed by atoms with Crippen molar-refractivity contribution in [2.75, 3.05) is 20.3 Å². The van der Waals surface area contributed by atoms with E-state index in [9.17, 15) is 9.18 Å². The van der Waals surface area contributed by atoms with E-state index in [4.69, 9.17) is 18.9 Å². The van der Waals surface area contributed by atoms with Gasteiger partial charge in [-0.1, -0.05) is 18.2 Å². The molecular formula is C26H22FNO5. The molecular weight excluding hydrogens is 425 g/mol. The van der Waals surface area contributed by atoms with Crippen molar-refractivity contribution in [1.82, 2.24) is 0 Å². The lowest BCUT2D eigenvalue weighted by Crippen LogP contribution is -2.05. The van der Waals surface area contributed by atoms with E-state index in [0.717, 1.165) is 23.5 Å². The molecule has 0 N–H and O–H groups in total. The van der Waals surface area contributed by atoms with Crippen molar-refractivity contribution in [3.05, 3.63) is 95.4 Å². The van der Waals surface area contributed by atoms with E-state index in [-0.39, 0.29) is 17.4 Å². The molecule has 0 fully saturated rings. The third-order valence-corrected chi connectivity index (χ3v) is 4.76. The van der Waals surface area contributed by atoms with Crippen LogP contribution in [0.3, 0.4) is 0 Å². The Bertz CT molecular complexity index is 1170. The normalized spacial score (nSPS) is 14.1. The van der Waals surface area contributed by atoms with Crippen LogP contribution >= 0.6 is 0 Å². The minimum Gasteiger partial charge on any atom is -0.497 e. The molecule has 7 heteroatoms. The van der Waals surface area contributed by atoms with Gasteiger partial charge in [0.15, 0.2) is 5.70 Å². The van der Waals surface area contributed by atoms with Crippen LogP contribution in [0, 0.1) is 5.82 Å². The predicted molar refractivity (Wildman–Crippen MR) is 122 cm³/mol. The third kappa shape index (κ3) is 5.98. The predicted octanol–water partition coefficient (Wildman–Crippen LogP) is 5.03. The van der Waals surface area contributed by atoms with Crippen LogP contribution in [0.2, 0.25) is 0 Å². The van der Waals surface area contributed by atoms with Gasteiger partial charge in [-0.25, -0.2) is 14.2 Å². The Morgan fingerprint density at radius 2 is 1.61 bits per heavy atom. The number of rotatable bonds is 9. The summed E-state index contributed by atoms with van der Waals surface area (Å²) in [7, 11) is 1.62. The maximum absolute atomic E-state index is 13.1. The molecule has 6 nitrogen and oxygen atoms in total. The molecule has 0 radical (unpaired) electrons. The minimum absolute atomic E-state index is 0.155. The molecule has 3 aromatic carbocycles. The molecule has 0 aliphatic carbocycles. The molecule has 0 amide bonds. The Morgan fingerprint density at radius 1 is 0.909 bits per heavy atom. The molecule has 1 aliphatic heterocycles. The van der Waals surface area contributed by atoms with Crippen molar-refractivity contribution < 1.29 is 28.1 Å². The highest BCUT2D eigenvalue weighted by Gasteiger charge is 2.24. The minimum atomic E-state index is -0.550. The lowest BCUT2D eigenvalue weighted by atomic mass is 10.2. The second kappa shape index (κ2) is 10.5. The number of hydrogen-bond acceptors (Lipinski definition) is 6. The van der Waals surface area contributed by atoms with Crippen molar-refractivity contribution in [3.8, 4) is 17.2 Å². The first-order valence-electron chi connectivity index (χ1n) is 10.4. The highest BCUT2D eigenvalue weighted by molar-refractivity contribution is 6.12. The van der Waals surface area contributed by atoms with E-state index in [0.29, 0.717) is 24.5 Å². The van der Waals surface area contributed by atoms with Gasteiger partial charge in [-0.2, -0.15) is 0 Å². The number of carbonyl (C=O) groups is 1. The average molecular weight is 447 g/mol. The molecule has 0 saturated heterocycles. The van der Waals surface area contributed by atoms with Crippen molar-refractivity contribution in [3.63, 3.8) is 0 Å². The van der Waals surface area contributed by atoms with Crippen LogP contribution in [0.25, 0.3) is 6.08 Å². The van der Waals surface area contributed by atoms with Crippen molar-refractivity contribution in [2.45, 2.75) is 6.42 Å². The van der Waals surface area contributed by atoms with Crippen LogP contribution in [-0.2, 0) is 9.53 Å². The number of cyclic esters (lactones) is 1. The lowest BCUT2D eigenvalue weighted by molar-refractivity contribution is -0.129. The molecule has 1 aliphatic rings. The molecule has 168 valence electrons. The number of hydrogen-bond donors (Lipinski definition) is 0. The molecule has 4 rings (SSSR count). The second-order valence-corrected chi connectivity index (χ2v) is 7.14. The van der Waals surface area contributed by atoms with E-state index >= 15 is 0 Å². The van der Waals surface area contributed by atoms with Crippen molar-refractivity contribution >= 4 is 17.9 Å². The van der Waals surface area contributed by atoms with Gasteiger partial charge in [0.05, 0.1) is 20.3 Å². The summed E-state index contributed by atoms with van der Waals surface area (Å²) in [6.07, 6.45) is 2.35. The van der Waals surface area contributed by atoms with Crippen LogP contribution in [-0.4, -0.2) is 32.2 Å². The SMILES string of the molecule is COc1cccc(OCCCOc2ccc(C=C3N=C(c4ccc(F)cc4)OC3=O)cc2)c1. The molecule has 0 saturated carbocycles. The lowest BCUT2D eigenvalue weighted by Gasteiger charge is -2.09. The summed E-state index contributed by atoms with van der Waals surface area (Å²) >= 11 is 0. The van der Waals surface area contributed by atoms with Gasteiger partial charge in [-0.15, -0.1) is 0 Å². The first kappa shape index (κ1) is 22.1. The zero-order valence-electron chi connectivity index (χ0n) is 18.0. The van der Waals surface area contributed by atoms with Gasteiger partial charge in [0.2, 0.25) is 5.90 Å². The molecule has 0 aromatic heterocycles. The molecule has 0 bridgehead atoms. The smallest absolute Gasteiger partial charge is 0.363 e. The van der Waals surface area contributed by atoms with Crippen molar-refractivity contribution in [1.29, 1.82) is 0 Å². The Labute approximate surface area is 190 Å².